The Hall–Kier alpha value is -2.51. The van der Waals surface area contributed by atoms with E-state index in [0.29, 0.717) is 63.6 Å². The first-order valence-corrected chi connectivity index (χ1v) is 19.6. The van der Waals surface area contributed by atoms with Gasteiger partial charge in [-0.15, -0.1) is 0 Å². The van der Waals surface area contributed by atoms with Crippen LogP contribution < -0.4 is 4.90 Å². The average Bonchev–Trinajstić information content (AvgIpc) is 3.03. The van der Waals surface area contributed by atoms with Gasteiger partial charge in [0.25, 0.3) is 10.2 Å². The molecule has 0 N–H and O–H groups in total. The second kappa shape index (κ2) is 15.4. The molecule has 0 radical (unpaired) electrons. The largest absolute Gasteiger partial charge is 0.378 e. The van der Waals surface area contributed by atoms with Crippen LogP contribution in [-0.4, -0.2) is 94.6 Å². The van der Waals surface area contributed by atoms with Crippen LogP contribution in [0.4, 0.5) is 5.69 Å². The Balaban J connectivity index is 1.42. The molecule has 1 atom stereocenters. The maximum Gasteiger partial charge on any atom is 0.282 e. The maximum absolute atomic E-state index is 14.3. The van der Waals surface area contributed by atoms with E-state index in [1.165, 1.54) is 11.1 Å². The molecular weight excluding hydrogens is 654 g/mol. The first-order chi connectivity index (χ1) is 22.3. The monoisotopic (exact) mass is 701 g/mol. The molecule has 0 unspecified atom stereocenters. The Morgan fingerprint density at radius 3 is 2.13 bits per heavy atom. The predicted octanol–water partition coefficient (Wildman–Crippen LogP) is 5.24. The topological polar surface area (TPSA) is 84.5 Å². The lowest BCUT2D eigenvalue weighted by Gasteiger charge is -2.36. The van der Waals surface area contributed by atoms with Crippen LogP contribution in [0.2, 0.25) is 5.02 Å². The number of hydrogen-bond acceptors (Lipinski definition) is 6. The van der Waals surface area contributed by atoms with Gasteiger partial charge in [-0.25, -0.2) is 8.42 Å². The Morgan fingerprint density at radius 2 is 1.45 bits per heavy atom. The predicted molar refractivity (Wildman–Crippen MR) is 190 cm³/mol. The summed E-state index contributed by atoms with van der Waals surface area (Å²) < 4.78 is 61.4. The molecule has 1 saturated heterocycles. The molecule has 12 heteroatoms. The van der Waals surface area contributed by atoms with Crippen molar-refractivity contribution in [3.63, 3.8) is 0 Å². The smallest absolute Gasteiger partial charge is 0.282 e. The van der Waals surface area contributed by atoms with Crippen molar-refractivity contribution in [3.05, 3.63) is 94.0 Å². The van der Waals surface area contributed by atoms with E-state index in [-0.39, 0.29) is 23.9 Å². The molecule has 0 aromatic heterocycles. The summed E-state index contributed by atoms with van der Waals surface area (Å²) in [6.07, 6.45) is 1.95. The van der Waals surface area contributed by atoms with Crippen LogP contribution in [0.1, 0.15) is 42.0 Å². The zero-order valence-electron chi connectivity index (χ0n) is 28.0. The van der Waals surface area contributed by atoms with E-state index in [2.05, 4.69) is 24.0 Å². The molecule has 9 nitrogen and oxygen atoms in total. The highest BCUT2D eigenvalue weighted by Crippen LogP contribution is 2.27. The van der Waals surface area contributed by atoms with Crippen molar-refractivity contribution in [3.8, 4) is 0 Å². The standard InChI is InChI=1S/C35H48ClN5O4S2/c1-28-24-39(46(42,43)35-15-13-34(14-16-35)37(3)4)20-7-18-38(26-31-10-6-5-9-29(31)2)19-8-21-40(25-28)47(44,45)41-22-17-30-23-33(36)12-11-32(30)27-41/h5-6,9-16,23,28H,7-8,17-22,24-27H2,1-4H3/t28-/m0/s1. The molecule has 47 heavy (non-hydrogen) atoms. The summed E-state index contributed by atoms with van der Waals surface area (Å²) in [4.78, 5) is 4.51. The minimum atomic E-state index is -3.82. The van der Waals surface area contributed by atoms with Gasteiger partial charge < -0.3 is 4.90 Å². The lowest BCUT2D eigenvalue weighted by Crippen LogP contribution is -2.49. The summed E-state index contributed by atoms with van der Waals surface area (Å²) in [5.41, 5.74) is 5.39. The molecule has 0 saturated carbocycles. The minimum absolute atomic E-state index is 0.223. The van der Waals surface area contributed by atoms with Crippen molar-refractivity contribution < 1.29 is 16.8 Å². The van der Waals surface area contributed by atoms with E-state index in [9.17, 15) is 16.8 Å². The fraction of sp³-hybridized carbons (Fsp3) is 0.486. The lowest BCUT2D eigenvalue weighted by molar-refractivity contribution is 0.213. The van der Waals surface area contributed by atoms with Crippen molar-refractivity contribution in [2.75, 3.05) is 64.8 Å². The van der Waals surface area contributed by atoms with Crippen LogP contribution in [0.5, 0.6) is 0 Å². The number of anilines is 1. The second-order valence-corrected chi connectivity index (χ2v) is 17.4. The highest BCUT2D eigenvalue weighted by molar-refractivity contribution is 7.89. The number of halogens is 1. The SMILES string of the molecule is Cc1ccccc1CN1CCCN(S(=O)(=O)c2ccc(N(C)C)cc2)C[C@H](C)CN(S(=O)(=O)N2CCc3cc(Cl)ccc3C2)CCC1. The van der Waals surface area contributed by atoms with E-state index in [4.69, 9.17) is 11.6 Å². The molecule has 5 rings (SSSR count). The van der Waals surface area contributed by atoms with Gasteiger partial charge in [0, 0.05) is 70.6 Å². The van der Waals surface area contributed by atoms with Gasteiger partial charge in [-0.2, -0.15) is 21.3 Å². The van der Waals surface area contributed by atoms with Crippen LogP contribution in [0.25, 0.3) is 0 Å². The van der Waals surface area contributed by atoms with Crippen LogP contribution >= 0.6 is 11.6 Å². The molecule has 1 fully saturated rings. The van der Waals surface area contributed by atoms with Crippen molar-refractivity contribution in [2.45, 2.75) is 51.1 Å². The van der Waals surface area contributed by atoms with Gasteiger partial charge in [0.1, 0.15) is 0 Å². The summed E-state index contributed by atoms with van der Waals surface area (Å²) in [6, 6.07) is 20.9. The Labute approximate surface area is 286 Å². The summed E-state index contributed by atoms with van der Waals surface area (Å²) in [7, 11) is -3.79. The molecule has 3 aromatic carbocycles. The van der Waals surface area contributed by atoms with E-state index in [1.807, 2.05) is 62.3 Å². The molecule has 256 valence electrons. The van der Waals surface area contributed by atoms with Gasteiger partial charge in [0.2, 0.25) is 10.0 Å². The number of aryl methyl sites for hydroxylation is 1. The van der Waals surface area contributed by atoms with E-state index < -0.39 is 20.2 Å². The Morgan fingerprint density at radius 1 is 0.787 bits per heavy atom. The summed E-state index contributed by atoms with van der Waals surface area (Å²) >= 11 is 6.21. The normalized spacial score (nSPS) is 20.2. The quantitative estimate of drug-likeness (QED) is 0.335. The van der Waals surface area contributed by atoms with Crippen LogP contribution in [-0.2, 0) is 39.7 Å². The number of benzene rings is 3. The summed E-state index contributed by atoms with van der Waals surface area (Å²) in [5.74, 6) is -0.223. The minimum Gasteiger partial charge on any atom is -0.378 e. The number of nitrogens with zero attached hydrogens (tertiary/aromatic N) is 5. The first-order valence-electron chi connectivity index (χ1n) is 16.4. The molecule has 0 amide bonds. The molecule has 2 aliphatic heterocycles. The fourth-order valence-electron chi connectivity index (χ4n) is 6.52. The molecule has 2 heterocycles. The van der Waals surface area contributed by atoms with Crippen LogP contribution in [0, 0.1) is 12.8 Å². The third-order valence-corrected chi connectivity index (χ3v) is 13.3. The number of hydrogen-bond donors (Lipinski definition) is 0. The van der Waals surface area contributed by atoms with Crippen LogP contribution in [0.15, 0.2) is 71.6 Å². The summed E-state index contributed by atoms with van der Waals surface area (Å²) in [5, 5.41) is 0.653. The van der Waals surface area contributed by atoms with Gasteiger partial charge in [0.15, 0.2) is 0 Å². The van der Waals surface area contributed by atoms with E-state index in [0.717, 1.165) is 23.4 Å². The van der Waals surface area contributed by atoms with Crippen molar-refractivity contribution in [1.82, 2.24) is 17.8 Å². The Bertz CT molecular complexity index is 1730. The molecule has 0 aliphatic carbocycles. The van der Waals surface area contributed by atoms with Gasteiger partial charge >= 0.3 is 0 Å². The van der Waals surface area contributed by atoms with E-state index >= 15 is 0 Å². The van der Waals surface area contributed by atoms with Gasteiger partial charge in [-0.3, -0.25) is 4.90 Å². The molecule has 2 aliphatic rings. The fourth-order valence-corrected chi connectivity index (χ4v) is 10.1. The average molecular weight is 702 g/mol. The number of sulfonamides is 1. The zero-order chi connectivity index (χ0) is 33.8. The second-order valence-electron chi connectivity index (χ2n) is 13.1. The van der Waals surface area contributed by atoms with Gasteiger partial charge in [-0.1, -0.05) is 48.9 Å². The highest BCUT2D eigenvalue weighted by atomic mass is 35.5. The molecular formula is C35H48ClN5O4S2. The number of fused-ring (bicyclic) bond motifs is 1. The summed E-state index contributed by atoms with van der Waals surface area (Å²) in [6.45, 7) is 8.02. The third-order valence-electron chi connectivity index (χ3n) is 9.24. The Kier molecular flexibility index (Phi) is 11.7. The van der Waals surface area contributed by atoms with Crippen molar-refractivity contribution in [1.29, 1.82) is 0 Å². The highest BCUT2D eigenvalue weighted by Gasteiger charge is 2.35. The van der Waals surface area contributed by atoms with E-state index in [1.54, 1.807) is 31.1 Å². The van der Waals surface area contributed by atoms with Crippen molar-refractivity contribution >= 4 is 37.5 Å². The molecule has 0 spiro atoms. The molecule has 0 bridgehead atoms. The maximum atomic E-state index is 14.3. The van der Waals surface area contributed by atoms with Gasteiger partial charge in [0.05, 0.1) is 4.90 Å². The third kappa shape index (κ3) is 8.75. The first kappa shape index (κ1) is 35.8. The molecule has 3 aromatic rings. The zero-order valence-corrected chi connectivity index (χ0v) is 30.4. The lowest BCUT2D eigenvalue weighted by atomic mass is 10.0. The number of rotatable bonds is 7. The van der Waals surface area contributed by atoms with Crippen molar-refractivity contribution in [2.24, 2.45) is 5.92 Å². The van der Waals surface area contributed by atoms with Gasteiger partial charge in [-0.05, 0) is 104 Å². The van der Waals surface area contributed by atoms with Crippen LogP contribution in [0.3, 0.4) is 0 Å².